The zero-order valence-electron chi connectivity index (χ0n) is 18.9. The largest absolute Gasteiger partial charge is 0.487 e. The molecule has 1 atom stereocenters. The van der Waals surface area contributed by atoms with E-state index in [1.54, 1.807) is 42.7 Å². The van der Waals surface area contributed by atoms with Crippen molar-refractivity contribution in [1.82, 2.24) is 9.97 Å². The number of nitrogens with zero attached hydrogens (tertiary/aromatic N) is 2. The maximum Gasteiger partial charge on any atom is 0.337 e. The molecule has 3 rings (SSSR count). The normalized spacial score (nSPS) is 11.8. The van der Waals surface area contributed by atoms with Gasteiger partial charge in [-0.15, -0.1) is 0 Å². The highest BCUT2D eigenvalue weighted by molar-refractivity contribution is 5.89. The average molecular weight is 455 g/mol. The molecule has 0 radical (unpaired) electrons. The van der Waals surface area contributed by atoms with E-state index in [1.807, 2.05) is 0 Å². The number of carbonyl (C=O) groups is 1. The number of hydrogen-bond acceptors (Lipinski definition) is 5. The fraction of sp³-hybridized carbons (Fsp3) is 0.346. The first kappa shape index (κ1) is 24.3. The molecular weight excluding hydrogens is 426 g/mol. The average Bonchev–Trinajstić information content (AvgIpc) is 2.85. The highest BCUT2D eigenvalue weighted by Gasteiger charge is 2.12. The Bertz CT molecular complexity index is 1040. The summed E-state index contributed by atoms with van der Waals surface area (Å²) in [5, 5.41) is 0. The molecule has 5 nitrogen and oxygen atoms in total. The van der Waals surface area contributed by atoms with E-state index in [0.717, 1.165) is 36.8 Å². The number of carbonyl (C=O) groups excluding carboxylic acids is 1. The first-order valence-corrected chi connectivity index (χ1v) is 11.1. The molecule has 174 valence electrons. The van der Waals surface area contributed by atoms with Crippen LogP contribution in [0.4, 0.5) is 8.78 Å². The van der Waals surface area contributed by atoms with E-state index in [-0.39, 0.29) is 12.4 Å². The SMILES string of the molecule is CCCCCCC(F)COc1ccc(-c2ncc(-c3ccc(C(=O)OC)cc3)cn2)cc1F. The second-order valence-electron chi connectivity index (χ2n) is 7.77. The number of hydrogen-bond donors (Lipinski definition) is 0. The van der Waals surface area contributed by atoms with Gasteiger partial charge in [0.1, 0.15) is 12.8 Å². The van der Waals surface area contributed by atoms with Crippen LogP contribution in [0, 0.1) is 5.82 Å². The van der Waals surface area contributed by atoms with Gasteiger partial charge in [-0.05, 0) is 42.3 Å². The molecule has 0 fully saturated rings. The van der Waals surface area contributed by atoms with Crippen LogP contribution in [0.25, 0.3) is 22.5 Å². The van der Waals surface area contributed by atoms with Crippen LogP contribution in [0.1, 0.15) is 49.4 Å². The molecule has 1 aromatic heterocycles. The monoisotopic (exact) mass is 454 g/mol. The van der Waals surface area contributed by atoms with E-state index in [1.165, 1.54) is 19.2 Å². The molecule has 0 amide bonds. The van der Waals surface area contributed by atoms with Gasteiger partial charge in [0.2, 0.25) is 0 Å². The van der Waals surface area contributed by atoms with Gasteiger partial charge in [0.25, 0.3) is 0 Å². The van der Waals surface area contributed by atoms with Gasteiger partial charge < -0.3 is 9.47 Å². The van der Waals surface area contributed by atoms with Crippen LogP contribution in [0.15, 0.2) is 54.9 Å². The second-order valence-corrected chi connectivity index (χ2v) is 7.77. The summed E-state index contributed by atoms with van der Waals surface area (Å²) in [4.78, 5) is 20.2. The fourth-order valence-corrected chi connectivity index (χ4v) is 3.36. The van der Waals surface area contributed by atoms with Crippen molar-refractivity contribution in [1.29, 1.82) is 0 Å². The van der Waals surface area contributed by atoms with Gasteiger partial charge in [-0.25, -0.2) is 23.5 Å². The Morgan fingerprint density at radius 1 is 0.970 bits per heavy atom. The molecule has 0 aliphatic rings. The van der Waals surface area contributed by atoms with E-state index in [9.17, 15) is 13.6 Å². The van der Waals surface area contributed by atoms with Gasteiger partial charge in [0.05, 0.1) is 12.7 Å². The van der Waals surface area contributed by atoms with Crippen molar-refractivity contribution in [3.05, 3.63) is 66.2 Å². The van der Waals surface area contributed by atoms with Crippen molar-refractivity contribution in [2.45, 2.75) is 45.2 Å². The lowest BCUT2D eigenvalue weighted by Gasteiger charge is -2.12. The maximum atomic E-state index is 14.5. The van der Waals surface area contributed by atoms with Gasteiger partial charge in [0.15, 0.2) is 17.4 Å². The van der Waals surface area contributed by atoms with Gasteiger partial charge in [0, 0.05) is 23.5 Å². The van der Waals surface area contributed by atoms with Crippen LogP contribution in [-0.4, -0.2) is 35.8 Å². The third kappa shape index (κ3) is 6.81. The standard InChI is InChI=1S/C26H28F2N2O3/c1-3-4-5-6-7-22(27)17-33-24-13-12-20(14-23(24)28)25-29-15-21(16-30-25)18-8-10-19(11-9-18)26(31)32-2/h8-16,22H,3-7,17H2,1-2H3. The Balaban J connectivity index is 1.61. The molecule has 7 heteroatoms. The van der Waals surface area contributed by atoms with Gasteiger partial charge in [-0.1, -0.05) is 44.7 Å². The summed E-state index contributed by atoms with van der Waals surface area (Å²) < 4.78 is 38.5. The van der Waals surface area contributed by atoms with Gasteiger partial charge in [-0.2, -0.15) is 0 Å². The Morgan fingerprint density at radius 2 is 1.67 bits per heavy atom. The Labute approximate surface area is 192 Å². The molecule has 0 aliphatic heterocycles. The highest BCUT2D eigenvalue weighted by atomic mass is 19.1. The summed E-state index contributed by atoms with van der Waals surface area (Å²) >= 11 is 0. The van der Waals surface area contributed by atoms with Crippen molar-refractivity contribution >= 4 is 5.97 Å². The molecule has 0 bridgehead atoms. The number of unbranched alkanes of at least 4 members (excludes halogenated alkanes) is 3. The summed E-state index contributed by atoms with van der Waals surface area (Å²) in [6.07, 6.45) is 6.56. The molecule has 1 heterocycles. The third-order valence-corrected chi connectivity index (χ3v) is 5.27. The molecule has 3 aromatic rings. The molecule has 0 aliphatic carbocycles. The number of benzene rings is 2. The predicted molar refractivity (Wildman–Crippen MR) is 123 cm³/mol. The molecule has 0 spiro atoms. The lowest BCUT2D eigenvalue weighted by Crippen LogP contribution is -2.13. The van der Waals surface area contributed by atoms with Crippen LogP contribution in [0.2, 0.25) is 0 Å². The van der Waals surface area contributed by atoms with Gasteiger partial charge in [-0.3, -0.25) is 0 Å². The number of aromatic nitrogens is 2. The minimum absolute atomic E-state index is 0.0114. The van der Waals surface area contributed by atoms with Crippen LogP contribution >= 0.6 is 0 Å². The quantitative estimate of drug-likeness (QED) is 0.247. The molecule has 1 unspecified atom stereocenters. The number of alkyl halides is 1. The second kappa shape index (κ2) is 12.0. The van der Waals surface area contributed by atoms with E-state index in [2.05, 4.69) is 16.9 Å². The highest BCUT2D eigenvalue weighted by Crippen LogP contribution is 2.25. The van der Waals surface area contributed by atoms with E-state index in [0.29, 0.717) is 23.4 Å². The van der Waals surface area contributed by atoms with Crippen molar-refractivity contribution in [2.75, 3.05) is 13.7 Å². The summed E-state index contributed by atoms with van der Waals surface area (Å²) in [6.45, 7) is 1.94. The Morgan fingerprint density at radius 3 is 2.30 bits per heavy atom. The van der Waals surface area contributed by atoms with Crippen LogP contribution in [-0.2, 0) is 4.74 Å². The van der Waals surface area contributed by atoms with E-state index < -0.39 is 18.0 Å². The van der Waals surface area contributed by atoms with E-state index >= 15 is 0 Å². The van der Waals surface area contributed by atoms with Crippen molar-refractivity contribution < 1.29 is 23.0 Å². The molecule has 0 saturated carbocycles. The molecule has 2 aromatic carbocycles. The number of esters is 1. The summed E-state index contributed by atoms with van der Waals surface area (Å²) in [6, 6.07) is 11.3. The first-order chi connectivity index (χ1) is 16.0. The number of halogens is 2. The lowest BCUT2D eigenvalue weighted by atomic mass is 10.1. The number of rotatable bonds is 11. The third-order valence-electron chi connectivity index (χ3n) is 5.27. The van der Waals surface area contributed by atoms with Crippen LogP contribution in [0.3, 0.4) is 0 Å². The molecule has 33 heavy (non-hydrogen) atoms. The first-order valence-electron chi connectivity index (χ1n) is 11.1. The zero-order chi connectivity index (χ0) is 23.6. The lowest BCUT2D eigenvalue weighted by molar-refractivity contribution is 0.0600. The van der Waals surface area contributed by atoms with Crippen LogP contribution < -0.4 is 4.74 Å². The molecule has 0 saturated heterocycles. The number of ether oxygens (including phenoxy) is 2. The van der Waals surface area contributed by atoms with Crippen molar-refractivity contribution in [3.8, 4) is 28.3 Å². The molecule has 0 N–H and O–H groups in total. The van der Waals surface area contributed by atoms with Crippen molar-refractivity contribution in [3.63, 3.8) is 0 Å². The van der Waals surface area contributed by atoms with Gasteiger partial charge >= 0.3 is 5.97 Å². The Kier molecular flexibility index (Phi) is 8.87. The zero-order valence-corrected chi connectivity index (χ0v) is 18.9. The molecular formula is C26H28F2N2O3. The minimum atomic E-state index is -1.11. The Hall–Kier alpha value is -3.35. The summed E-state index contributed by atoms with van der Waals surface area (Å²) in [5.41, 5.74) is 2.53. The van der Waals surface area contributed by atoms with Crippen LogP contribution in [0.5, 0.6) is 5.75 Å². The summed E-state index contributed by atoms with van der Waals surface area (Å²) in [5.74, 6) is -0.625. The van der Waals surface area contributed by atoms with E-state index in [4.69, 9.17) is 9.47 Å². The fourth-order valence-electron chi connectivity index (χ4n) is 3.36. The predicted octanol–water partition coefficient (Wildman–Crippen LogP) is 6.42. The maximum absolute atomic E-state index is 14.5. The van der Waals surface area contributed by atoms with Crippen molar-refractivity contribution in [2.24, 2.45) is 0 Å². The topological polar surface area (TPSA) is 61.3 Å². The smallest absolute Gasteiger partial charge is 0.337 e. The minimum Gasteiger partial charge on any atom is -0.487 e. The summed E-state index contributed by atoms with van der Waals surface area (Å²) in [7, 11) is 1.33. The number of methoxy groups -OCH3 is 1.